The van der Waals surface area contributed by atoms with Crippen molar-refractivity contribution in [3.8, 4) is 0 Å². The first kappa shape index (κ1) is 13.7. The van der Waals surface area contributed by atoms with Gasteiger partial charge in [0, 0.05) is 25.5 Å². The lowest BCUT2D eigenvalue weighted by Crippen LogP contribution is -2.41. The van der Waals surface area contributed by atoms with Gasteiger partial charge in [-0.15, -0.1) is 0 Å². The SMILES string of the molecule is Cc1c(CCO)sc(C(=O)O)[n+]1Cc1ccccc1. The Bertz CT molecular complexity index is 578. The zero-order valence-corrected chi connectivity index (χ0v) is 11.5. The number of hydrogen-bond donors (Lipinski definition) is 2. The molecule has 1 heterocycles. The predicted molar refractivity (Wildman–Crippen MR) is 72.5 cm³/mol. The minimum Gasteiger partial charge on any atom is -0.473 e. The molecule has 4 nitrogen and oxygen atoms in total. The van der Waals surface area contributed by atoms with E-state index in [0.717, 1.165) is 16.1 Å². The number of aliphatic hydroxyl groups excluding tert-OH is 1. The molecule has 5 heteroatoms. The highest BCUT2D eigenvalue weighted by Crippen LogP contribution is 2.18. The van der Waals surface area contributed by atoms with Crippen molar-refractivity contribution in [2.24, 2.45) is 0 Å². The molecule has 100 valence electrons. The van der Waals surface area contributed by atoms with E-state index in [1.807, 2.05) is 37.3 Å². The first-order valence-corrected chi connectivity index (χ1v) is 6.85. The number of aliphatic hydroxyl groups is 1. The molecule has 0 saturated carbocycles. The van der Waals surface area contributed by atoms with E-state index in [2.05, 4.69) is 0 Å². The van der Waals surface area contributed by atoms with Gasteiger partial charge in [0.2, 0.25) is 0 Å². The highest BCUT2D eigenvalue weighted by molar-refractivity contribution is 7.13. The second-order valence-electron chi connectivity index (χ2n) is 4.27. The molecule has 2 N–H and O–H groups in total. The second-order valence-corrected chi connectivity index (χ2v) is 5.35. The van der Waals surface area contributed by atoms with Gasteiger partial charge in [-0.3, -0.25) is 0 Å². The molecule has 0 bridgehead atoms. The molecule has 1 aromatic heterocycles. The van der Waals surface area contributed by atoms with E-state index in [9.17, 15) is 9.90 Å². The fraction of sp³-hybridized carbons (Fsp3) is 0.286. The standard InChI is InChI=1S/C14H15NO3S/c1-10-12(7-8-16)19-13(14(17)18)15(10)9-11-5-3-2-4-6-11/h2-6,16H,7-9H2,1H3/p+1. The number of carbonyl (C=O) groups is 1. The Hall–Kier alpha value is -1.72. The van der Waals surface area contributed by atoms with Crippen LogP contribution in [0.25, 0.3) is 0 Å². The van der Waals surface area contributed by atoms with E-state index in [1.165, 1.54) is 11.3 Å². The van der Waals surface area contributed by atoms with E-state index in [-0.39, 0.29) is 6.61 Å². The summed E-state index contributed by atoms with van der Waals surface area (Å²) in [7, 11) is 0. The fourth-order valence-corrected chi connectivity index (χ4v) is 3.08. The average molecular weight is 278 g/mol. The van der Waals surface area contributed by atoms with Crippen molar-refractivity contribution in [2.45, 2.75) is 19.9 Å². The van der Waals surface area contributed by atoms with Gasteiger partial charge in [0.25, 0.3) is 0 Å². The third-order valence-corrected chi connectivity index (χ3v) is 4.31. The summed E-state index contributed by atoms with van der Waals surface area (Å²) in [6.45, 7) is 2.47. The molecular formula is C14H16NO3S+. The zero-order chi connectivity index (χ0) is 13.8. The molecule has 2 aromatic rings. The first-order valence-electron chi connectivity index (χ1n) is 6.03. The monoisotopic (exact) mass is 278 g/mol. The molecular weight excluding hydrogens is 262 g/mol. The Kier molecular flexibility index (Phi) is 4.29. The predicted octanol–water partition coefficient (Wildman–Crippen LogP) is 1.63. The van der Waals surface area contributed by atoms with E-state index in [1.54, 1.807) is 4.57 Å². The Morgan fingerprint density at radius 1 is 1.32 bits per heavy atom. The van der Waals surface area contributed by atoms with Crippen LogP contribution in [0.1, 0.15) is 25.9 Å². The molecule has 0 aliphatic rings. The highest BCUT2D eigenvalue weighted by atomic mass is 32.1. The molecule has 2 rings (SSSR count). The molecule has 0 atom stereocenters. The maximum Gasteiger partial charge on any atom is 0.412 e. The smallest absolute Gasteiger partial charge is 0.412 e. The van der Waals surface area contributed by atoms with Crippen LogP contribution in [-0.2, 0) is 13.0 Å². The Morgan fingerprint density at radius 3 is 2.58 bits per heavy atom. The van der Waals surface area contributed by atoms with E-state index < -0.39 is 5.97 Å². The molecule has 1 aromatic carbocycles. The molecule has 0 amide bonds. The van der Waals surface area contributed by atoms with Gasteiger partial charge in [-0.2, -0.15) is 4.57 Å². The van der Waals surface area contributed by atoms with Gasteiger partial charge in [0.1, 0.15) is 0 Å². The third kappa shape index (κ3) is 3.00. The van der Waals surface area contributed by atoms with Gasteiger partial charge >= 0.3 is 11.0 Å². The van der Waals surface area contributed by atoms with Crippen LogP contribution >= 0.6 is 11.3 Å². The second kappa shape index (κ2) is 5.95. The van der Waals surface area contributed by atoms with Gasteiger partial charge < -0.3 is 10.2 Å². The quantitative estimate of drug-likeness (QED) is 0.817. The topological polar surface area (TPSA) is 61.4 Å². The van der Waals surface area contributed by atoms with Crippen LogP contribution in [-0.4, -0.2) is 22.8 Å². The lowest BCUT2D eigenvalue weighted by atomic mass is 10.2. The molecule has 0 spiro atoms. The van der Waals surface area contributed by atoms with Crippen molar-refractivity contribution in [1.82, 2.24) is 0 Å². The molecule has 0 aliphatic heterocycles. The minimum absolute atomic E-state index is 0.0335. The Morgan fingerprint density at radius 2 is 2.00 bits per heavy atom. The van der Waals surface area contributed by atoms with Crippen LogP contribution in [0.5, 0.6) is 0 Å². The number of aromatic nitrogens is 1. The van der Waals surface area contributed by atoms with Crippen LogP contribution < -0.4 is 4.57 Å². The molecule has 0 radical (unpaired) electrons. The fourth-order valence-electron chi connectivity index (χ4n) is 2.00. The average Bonchev–Trinajstić information content (AvgIpc) is 2.70. The summed E-state index contributed by atoms with van der Waals surface area (Å²) in [5.41, 5.74) is 1.98. The van der Waals surface area contributed by atoms with E-state index >= 15 is 0 Å². The number of carboxylic acids is 1. The summed E-state index contributed by atoms with van der Waals surface area (Å²) in [5, 5.41) is 18.6. The van der Waals surface area contributed by atoms with Gasteiger partial charge in [-0.25, -0.2) is 4.79 Å². The summed E-state index contributed by atoms with van der Waals surface area (Å²) in [4.78, 5) is 12.2. The summed E-state index contributed by atoms with van der Waals surface area (Å²) >= 11 is 1.24. The van der Waals surface area contributed by atoms with Crippen molar-refractivity contribution in [2.75, 3.05) is 6.61 Å². The van der Waals surface area contributed by atoms with Crippen LogP contribution in [0.15, 0.2) is 30.3 Å². The number of carboxylic acid groups (broad SMARTS) is 1. The van der Waals surface area contributed by atoms with Crippen molar-refractivity contribution in [1.29, 1.82) is 0 Å². The minimum atomic E-state index is -0.923. The lowest BCUT2D eigenvalue weighted by molar-refractivity contribution is -0.692. The maximum absolute atomic E-state index is 11.3. The summed E-state index contributed by atoms with van der Waals surface area (Å²) in [6, 6.07) is 9.76. The summed E-state index contributed by atoms with van der Waals surface area (Å²) in [6.07, 6.45) is 0.499. The number of benzene rings is 1. The summed E-state index contributed by atoms with van der Waals surface area (Å²) < 4.78 is 1.80. The highest BCUT2D eigenvalue weighted by Gasteiger charge is 2.28. The Labute approximate surface area is 115 Å². The van der Waals surface area contributed by atoms with Gasteiger partial charge in [-0.1, -0.05) is 41.7 Å². The van der Waals surface area contributed by atoms with Gasteiger partial charge in [-0.05, 0) is 0 Å². The number of rotatable bonds is 5. The van der Waals surface area contributed by atoms with Crippen LogP contribution in [0, 0.1) is 6.92 Å². The first-order chi connectivity index (χ1) is 9.13. The number of thiazole rings is 1. The number of aromatic carboxylic acids is 1. The maximum atomic E-state index is 11.3. The zero-order valence-electron chi connectivity index (χ0n) is 10.7. The third-order valence-electron chi connectivity index (χ3n) is 2.98. The van der Waals surface area contributed by atoms with Crippen molar-refractivity contribution in [3.05, 3.63) is 51.5 Å². The van der Waals surface area contributed by atoms with Crippen LogP contribution in [0.3, 0.4) is 0 Å². The van der Waals surface area contributed by atoms with E-state index in [0.29, 0.717) is 18.0 Å². The number of nitrogens with zero attached hydrogens (tertiary/aromatic N) is 1. The summed E-state index contributed by atoms with van der Waals surface area (Å²) in [5.74, 6) is -0.923. The number of hydrogen-bond acceptors (Lipinski definition) is 3. The normalized spacial score (nSPS) is 10.6. The van der Waals surface area contributed by atoms with Gasteiger partial charge in [0.05, 0.1) is 4.88 Å². The van der Waals surface area contributed by atoms with Crippen LogP contribution in [0.4, 0.5) is 0 Å². The molecule has 19 heavy (non-hydrogen) atoms. The van der Waals surface area contributed by atoms with Crippen molar-refractivity contribution < 1.29 is 19.6 Å². The molecule has 0 unspecified atom stereocenters. The van der Waals surface area contributed by atoms with Gasteiger partial charge in [0.15, 0.2) is 12.2 Å². The van der Waals surface area contributed by atoms with Crippen molar-refractivity contribution >= 4 is 17.3 Å². The Balaban J connectivity index is 2.40. The molecule has 0 saturated heterocycles. The molecule has 0 aliphatic carbocycles. The lowest BCUT2D eigenvalue weighted by Gasteiger charge is -1.98. The van der Waals surface area contributed by atoms with E-state index in [4.69, 9.17) is 5.11 Å². The molecule has 0 fully saturated rings. The van der Waals surface area contributed by atoms with Crippen LogP contribution in [0.2, 0.25) is 0 Å². The largest absolute Gasteiger partial charge is 0.473 e. The van der Waals surface area contributed by atoms with Crippen molar-refractivity contribution in [3.63, 3.8) is 0 Å².